The van der Waals surface area contributed by atoms with Gasteiger partial charge in [-0.2, -0.15) is 0 Å². The van der Waals surface area contributed by atoms with Crippen LogP contribution in [0.5, 0.6) is 5.75 Å². The molecule has 20 heavy (non-hydrogen) atoms. The van der Waals surface area contributed by atoms with Gasteiger partial charge >= 0.3 is 0 Å². The van der Waals surface area contributed by atoms with E-state index in [0.717, 1.165) is 16.8 Å². The first-order chi connectivity index (χ1) is 9.45. The van der Waals surface area contributed by atoms with E-state index in [0.29, 0.717) is 0 Å². The van der Waals surface area contributed by atoms with E-state index in [4.69, 9.17) is 4.74 Å². The van der Waals surface area contributed by atoms with Crippen molar-refractivity contribution in [2.24, 2.45) is 5.92 Å². The zero-order valence-corrected chi connectivity index (χ0v) is 12.6. The Morgan fingerprint density at radius 2 is 2.05 bits per heavy atom. The first-order valence-electron chi connectivity index (χ1n) is 6.67. The molecule has 0 aliphatic rings. The number of fused-ring (bicyclic) bond motifs is 1. The summed E-state index contributed by atoms with van der Waals surface area (Å²) in [4.78, 5) is 18.9. The molecule has 0 spiro atoms. The average Bonchev–Trinajstić information content (AvgIpc) is 2.80. The van der Waals surface area contributed by atoms with Crippen molar-refractivity contribution in [2.45, 2.75) is 19.9 Å². The van der Waals surface area contributed by atoms with Gasteiger partial charge in [0.1, 0.15) is 12.1 Å². The van der Waals surface area contributed by atoms with Crippen LogP contribution < -0.4 is 4.74 Å². The summed E-state index contributed by atoms with van der Waals surface area (Å²) in [6.07, 6.45) is 1.59. The molecule has 0 saturated heterocycles. The van der Waals surface area contributed by atoms with Gasteiger partial charge in [-0.3, -0.25) is 14.3 Å². The Labute approximate surface area is 119 Å². The second-order valence-electron chi connectivity index (χ2n) is 5.46. The van der Waals surface area contributed by atoms with Crippen LogP contribution in [0, 0.1) is 5.92 Å². The molecule has 5 heteroatoms. The van der Waals surface area contributed by atoms with E-state index in [1.165, 1.54) is 0 Å². The van der Waals surface area contributed by atoms with Crippen LogP contribution in [0.25, 0.3) is 11.0 Å². The van der Waals surface area contributed by atoms with E-state index in [1.807, 2.05) is 51.0 Å². The molecular formula is C15H21N3O2. The van der Waals surface area contributed by atoms with Gasteiger partial charge in [0.25, 0.3) is 0 Å². The van der Waals surface area contributed by atoms with E-state index in [9.17, 15) is 4.79 Å². The number of methoxy groups -OCH3 is 1. The van der Waals surface area contributed by atoms with Crippen LogP contribution >= 0.6 is 0 Å². The number of hydrogen-bond donors (Lipinski definition) is 0. The largest absolute Gasteiger partial charge is 0.497 e. The molecule has 1 aromatic carbocycles. The minimum Gasteiger partial charge on any atom is -0.497 e. The first kappa shape index (κ1) is 14.5. The lowest BCUT2D eigenvalue weighted by molar-refractivity contribution is 0.0742. The Morgan fingerprint density at radius 1 is 1.35 bits per heavy atom. The third-order valence-electron chi connectivity index (χ3n) is 3.43. The number of aromatic nitrogens is 2. The second-order valence-corrected chi connectivity index (χ2v) is 5.46. The van der Waals surface area contributed by atoms with Gasteiger partial charge in [-0.1, -0.05) is 13.8 Å². The topological polar surface area (TPSA) is 47.4 Å². The number of likely N-dealkylation sites (N-methyl/N-ethyl adjacent to an activating group) is 1. The van der Waals surface area contributed by atoms with E-state index in [-0.39, 0.29) is 17.9 Å². The van der Waals surface area contributed by atoms with Crippen LogP contribution in [0.3, 0.4) is 0 Å². The number of hydrogen-bond acceptors (Lipinski definition) is 4. The molecule has 0 radical (unpaired) electrons. The molecule has 5 nitrogen and oxygen atoms in total. The average molecular weight is 275 g/mol. The fourth-order valence-electron chi connectivity index (χ4n) is 2.54. The van der Waals surface area contributed by atoms with Gasteiger partial charge in [0.05, 0.1) is 24.2 Å². The van der Waals surface area contributed by atoms with Crippen LogP contribution in [0.15, 0.2) is 24.5 Å². The number of carbonyl (C=O) groups is 1. The van der Waals surface area contributed by atoms with Crippen LogP contribution in [0.4, 0.5) is 0 Å². The molecule has 2 rings (SSSR count). The number of nitrogens with zero attached hydrogens (tertiary/aromatic N) is 3. The van der Waals surface area contributed by atoms with Crippen LogP contribution in [-0.4, -0.2) is 47.6 Å². The minimum absolute atomic E-state index is 0.0395. The summed E-state index contributed by atoms with van der Waals surface area (Å²) in [5.41, 5.74) is 1.57. The second kappa shape index (κ2) is 5.63. The Morgan fingerprint density at radius 3 is 2.60 bits per heavy atom. The summed E-state index contributed by atoms with van der Waals surface area (Å²) in [7, 11) is 5.46. The zero-order chi connectivity index (χ0) is 14.9. The summed E-state index contributed by atoms with van der Waals surface area (Å²) in [6, 6.07) is 5.37. The number of rotatable bonds is 4. The van der Waals surface area contributed by atoms with Gasteiger partial charge in [-0.05, 0) is 32.1 Å². The van der Waals surface area contributed by atoms with Gasteiger partial charge in [-0.15, -0.1) is 0 Å². The minimum atomic E-state index is -0.172. The molecular weight excluding hydrogens is 254 g/mol. The molecule has 108 valence electrons. The zero-order valence-electron chi connectivity index (χ0n) is 12.6. The summed E-state index contributed by atoms with van der Waals surface area (Å²) in [6.45, 7) is 4.09. The molecule has 0 amide bonds. The first-order valence-corrected chi connectivity index (χ1v) is 6.67. The predicted molar refractivity (Wildman–Crippen MR) is 79.2 cm³/mol. The fraction of sp³-hybridized carbons (Fsp3) is 0.467. The molecule has 0 saturated carbocycles. The Balaban J connectivity index is 2.44. The van der Waals surface area contributed by atoms with Gasteiger partial charge in [0, 0.05) is 6.07 Å². The highest BCUT2D eigenvalue weighted by Gasteiger charge is 2.26. The van der Waals surface area contributed by atoms with Crippen molar-refractivity contribution < 1.29 is 9.53 Å². The van der Waals surface area contributed by atoms with Gasteiger partial charge < -0.3 is 4.74 Å². The van der Waals surface area contributed by atoms with Crippen molar-refractivity contribution in [2.75, 3.05) is 21.2 Å². The summed E-state index contributed by atoms with van der Waals surface area (Å²) >= 11 is 0. The van der Waals surface area contributed by atoms with E-state index >= 15 is 0 Å². The Kier molecular flexibility index (Phi) is 4.09. The fourth-order valence-corrected chi connectivity index (χ4v) is 2.54. The van der Waals surface area contributed by atoms with Crippen molar-refractivity contribution in [1.29, 1.82) is 0 Å². The quantitative estimate of drug-likeness (QED) is 0.859. The number of imidazole rings is 1. The molecule has 1 atom stereocenters. The normalized spacial score (nSPS) is 13.2. The van der Waals surface area contributed by atoms with Gasteiger partial charge in [0.15, 0.2) is 0 Å². The van der Waals surface area contributed by atoms with E-state index < -0.39 is 0 Å². The maximum absolute atomic E-state index is 12.7. The molecule has 0 aliphatic carbocycles. The van der Waals surface area contributed by atoms with Gasteiger partial charge in [-0.25, -0.2) is 4.98 Å². The van der Waals surface area contributed by atoms with Crippen molar-refractivity contribution in [3.63, 3.8) is 0 Å². The molecule has 0 bridgehead atoms. The van der Waals surface area contributed by atoms with Crippen LogP contribution in [0.2, 0.25) is 0 Å². The lowest BCUT2D eigenvalue weighted by Gasteiger charge is -2.26. The lowest BCUT2D eigenvalue weighted by atomic mass is 10.0. The predicted octanol–water partition coefficient (Wildman–Crippen LogP) is 2.27. The third-order valence-corrected chi connectivity index (χ3v) is 3.43. The standard InChI is InChI=1S/C15H21N3O2/c1-10(2)14(17(3)4)15(19)18-9-16-12-8-11(20-5)6-7-13(12)18/h6-10,14H,1-5H3. The highest BCUT2D eigenvalue weighted by Crippen LogP contribution is 2.21. The monoisotopic (exact) mass is 275 g/mol. The molecule has 1 heterocycles. The lowest BCUT2D eigenvalue weighted by Crippen LogP contribution is -2.42. The smallest absolute Gasteiger partial charge is 0.249 e. The summed E-state index contributed by atoms with van der Waals surface area (Å²) in [5.74, 6) is 1.01. The molecule has 0 aliphatic heterocycles. The third kappa shape index (κ3) is 2.54. The number of benzene rings is 1. The number of ether oxygens (including phenoxy) is 1. The molecule has 2 aromatic rings. The van der Waals surface area contributed by atoms with Crippen LogP contribution in [0.1, 0.15) is 18.6 Å². The van der Waals surface area contributed by atoms with Crippen molar-refractivity contribution in [3.8, 4) is 5.75 Å². The maximum Gasteiger partial charge on any atom is 0.249 e. The van der Waals surface area contributed by atoms with Crippen molar-refractivity contribution in [3.05, 3.63) is 24.5 Å². The highest BCUT2D eigenvalue weighted by atomic mass is 16.5. The van der Waals surface area contributed by atoms with Crippen LogP contribution in [-0.2, 0) is 0 Å². The summed E-state index contributed by atoms with van der Waals surface area (Å²) in [5, 5.41) is 0. The Bertz CT molecular complexity index is 609. The maximum atomic E-state index is 12.7. The Hall–Kier alpha value is -1.88. The van der Waals surface area contributed by atoms with E-state index in [2.05, 4.69) is 4.98 Å². The van der Waals surface area contributed by atoms with Crippen molar-refractivity contribution >= 4 is 16.9 Å². The molecule has 1 aromatic heterocycles. The summed E-state index contributed by atoms with van der Waals surface area (Å²) < 4.78 is 6.80. The number of carbonyl (C=O) groups excluding carboxylic acids is 1. The SMILES string of the molecule is COc1ccc2c(c1)ncn2C(=O)C(C(C)C)N(C)C. The molecule has 0 fully saturated rings. The van der Waals surface area contributed by atoms with E-state index in [1.54, 1.807) is 18.0 Å². The molecule has 0 N–H and O–H groups in total. The van der Waals surface area contributed by atoms with Gasteiger partial charge in [0.2, 0.25) is 5.91 Å². The molecule has 1 unspecified atom stereocenters. The van der Waals surface area contributed by atoms with Crippen molar-refractivity contribution in [1.82, 2.24) is 14.5 Å². The highest BCUT2D eigenvalue weighted by molar-refractivity contribution is 5.93.